The standard InChI is InChI=1S/C14H20O5S2/c1-14(2,3)10-8-20(16,17)13(21(18,19)9-10)11-6-4-5-7-12(11)15/h4-7,10,13,15H,8-9H2,1-3H3. The molecule has 1 aromatic carbocycles. The van der Waals surface area contributed by atoms with Crippen molar-refractivity contribution in [2.75, 3.05) is 11.5 Å². The molecule has 21 heavy (non-hydrogen) atoms. The van der Waals surface area contributed by atoms with Crippen LogP contribution in [0.15, 0.2) is 24.3 Å². The number of para-hydroxylation sites is 1. The van der Waals surface area contributed by atoms with Crippen molar-refractivity contribution in [3.63, 3.8) is 0 Å². The Morgan fingerprint density at radius 1 is 1.00 bits per heavy atom. The molecule has 1 aliphatic rings. The summed E-state index contributed by atoms with van der Waals surface area (Å²) in [6.45, 7) is 5.51. The SMILES string of the molecule is CC(C)(C)C1CS(=O)(=O)C(c2ccccc2O)S(=O)(=O)C1. The van der Waals surface area contributed by atoms with E-state index in [0.29, 0.717) is 0 Å². The van der Waals surface area contributed by atoms with E-state index >= 15 is 0 Å². The molecule has 2 rings (SSSR count). The third kappa shape index (κ3) is 3.08. The Balaban J connectivity index is 2.58. The molecule has 0 aliphatic carbocycles. The Kier molecular flexibility index (Phi) is 3.87. The lowest BCUT2D eigenvalue weighted by molar-refractivity contribution is 0.284. The first-order valence-electron chi connectivity index (χ1n) is 6.66. The monoisotopic (exact) mass is 332 g/mol. The summed E-state index contributed by atoms with van der Waals surface area (Å²) in [5.74, 6) is -1.12. The third-order valence-electron chi connectivity index (χ3n) is 3.93. The summed E-state index contributed by atoms with van der Waals surface area (Å²) in [6, 6.07) is 5.71. The van der Waals surface area contributed by atoms with E-state index in [0.717, 1.165) is 0 Å². The molecule has 0 spiro atoms. The smallest absolute Gasteiger partial charge is 0.191 e. The van der Waals surface area contributed by atoms with Crippen molar-refractivity contribution in [3.8, 4) is 5.75 Å². The van der Waals surface area contributed by atoms with Gasteiger partial charge in [-0.05, 0) is 17.4 Å². The second kappa shape index (κ2) is 4.98. The fourth-order valence-electron chi connectivity index (χ4n) is 2.58. The van der Waals surface area contributed by atoms with Crippen LogP contribution in [0.2, 0.25) is 0 Å². The summed E-state index contributed by atoms with van der Waals surface area (Å²) in [5.41, 5.74) is -0.464. The van der Waals surface area contributed by atoms with Gasteiger partial charge in [0.25, 0.3) is 0 Å². The van der Waals surface area contributed by atoms with Crippen molar-refractivity contribution >= 4 is 19.7 Å². The predicted octanol–water partition coefficient (Wildman–Crippen LogP) is 1.90. The van der Waals surface area contributed by atoms with Gasteiger partial charge in [0, 0.05) is 5.56 Å². The van der Waals surface area contributed by atoms with Crippen LogP contribution in [-0.2, 0) is 19.7 Å². The number of aromatic hydroxyl groups is 1. The molecule has 7 heteroatoms. The van der Waals surface area contributed by atoms with Gasteiger partial charge in [-0.15, -0.1) is 0 Å². The molecular weight excluding hydrogens is 312 g/mol. The highest BCUT2D eigenvalue weighted by atomic mass is 32.3. The molecule has 0 radical (unpaired) electrons. The molecule has 1 saturated heterocycles. The lowest BCUT2D eigenvalue weighted by Gasteiger charge is -2.36. The van der Waals surface area contributed by atoms with E-state index in [9.17, 15) is 21.9 Å². The van der Waals surface area contributed by atoms with E-state index in [2.05, 4.69) is 0 Å². The van der Waals surface area contributed by atoms with Crippen LogP contribution in [-0.4, -0.2) is 33.4 Å². The largest absolute Gasteiger partial charge is 0.508 e. The molecule has 1 N–H and O–H groups in total. The molecule has 0 unspecified atom stereocenters. The first kappa shape index (κ1) is 16.3. The molecule has 1 heterocycles. The molecule has 0 amide bonds. The quantitative estimate of drug-likeness (QED) is 0.848. The van der Waals surface area contributed by atoms with Gasteiger partial charge < -0.3 is 5.11 Å². The number of sulfone groups is 2. The second-order valence-corrected chi connectivity index (χ2v) is 11.2. The van der Waals surface area contributed by atoms with E-state index in [1.165, 1.54) is 24.3 Å². The van der Waals surface area contributed by atoms with Crippen LogP contribution >= 0.6 is 0 Å². The summed E-state index contributed by atoms with van der Waals surface area (Å²) in [7, 11) is -7.77. The number of hydrogen-bond acceptors (Lipinski definition) is 5. The van der Waals surface area contributed by atoms with Crippen molar-refractivity contribution in [2.45, 2.75) is 25.4 Å². The summed E-state index contributed by atoms with van der Waals surface area (Å²) < 4.78 is 48.4. The van der Waals surface area contributed by atoms with Crippen molar-refractivity contribution in [3.05, 3.63) is 29.8 Å². The van der Waals surface area contributed by atoms with Crippen LogP contribution in [0.5, 0.6) is 5.75 Å². The van der Waals surface area contributed by atoms with E-state index < -0.39 is 35.6 Å². The van der Waals surface area contributed by atoms with Crippen molar-refractivity contribution in [1.29, 1.82) is 0 Å². The second-order valence-electron chi connectivity index (χ2n) is 6.61. The maximum atomic E-state index is 12.5. The van der Waals surface area contributed by atoms with Crippen LogP contribution in [0.25, 0.3) is 0 Å². The van der Waals surface area contributed by atoms with E-state index in [-0.39, 0.29) is 22.8 Å². The summed E-state index contributed by atoms with van der Waals surface area (Å²) >= 11 is 0. The molecule has 118 valence electrons. The summed E-state index contributed by atoms with van der Waals surface area (Å²) in [4.78, 5) is 0. The van der Waals surface area contributed by atoms with E-state index in [4.69, 9.17) is 0 Å². The minimum atomic E-state index is -3.89. The van der Waals surface area contributed by atoms with Gasteiger partial charge >= 0.3 is 0 Å². The first-order chi connectivity index (χ1) is 9.45. The maximum Gasteiger partial charge on any atom is 0.191 e. The summed E-state index contributed by atoms with van der Waals surface area (Å²) in [5, 5.41) is 9.82. The minimum Gasteiger partial charge on any atom is -0.508 e. The fourth-order valence-corrected chi connectivity index (χ4v) is 8.87. The van der Waals surface area contributed by atoms with Crippen LogP contribution in [0.3, 0.4) is 0 Å². The average Bonchev–Trinajstić information content (AvgIpc) is 2.27. The fraction of sp³-hybridized carbons (Fsp3) is 0.571. The average molecular weight is 332 g/mol. The molecular formula is C14H20O5S2. The zero-order valence-electron chi connectivity index (χ0n) is 12.3. The first-order valence-corrected chi connectivity index (χ1v) is 10.1. The van der Waals surface area contributed by atoms with Gasteiger partial charge in [-0.2, -0.15) is 0 Å². The van der Waals surface area contributed by atoms with E-state index in [1.807, 2.05) is 20.8 Å². The highest BCUT2D eigenvalue weighted by Gasteiger charge is 2.49. The lowest BCUT2D eigenvalue weighted by Crippen LogP contribution is -2.43. The zero-order valence-corrected chi connectivity index (χ0v) is 13.9. The lowest BCUT2D eigenvalue weighted by atomic mass is 9.83. The molecule has 1 aliphatic heterocycles. The molecule has 1 fully saturated rings. The van der Waals surface area contributed by atoms with Crippen LogP contribution < -0.4 is 0 Å². The Bertz CT molecular complexity index is 706. The van der Waals surface area contributed by atoms with Gasteiger partial charge in [-0.1, -0.05) is 39.0 Å². The van der Waals surface area contributed by atoms with Gasteiger partial charge in [0.2, 0.25) is 0 Å². The van der Waals surface area contributed by atoms with Gasteiger partial charge in [0.15, 0.2) is 24.3 Å². The van der Waals surface area contributed by atoms with Gasteiger partial charge in [0.1, 0.15) is 5.75 Å². The van der Waals surface area contributed by atoms with E-state index in [1.54, 1.807) is 0 Å². The van der Waals surface area contributed by atoms with Crippen LogP contribution in [0.1, 0.15) is 30.9 Å². The molecule has 5 nitrogen and oxygen atoms in total. The zero-order chi connectivity index (χ0) is 16.1. The molecule has 0 aromatic heterocycles. The normalized spacial score (nSPS) is 28.1. The Hall–Kier alpha value is -1.08. The molecule has 1 aromatic rings. The number of phenols is 1. The molecule has 0 atom stereocenters. The maximum absolute atomic E-state index is 12.5. The Morgan fingerprint density at radius 2 is 1.48 bits per heavy atom. The van der Waals surface area contributed by atoms with Crippen LogP contribution in [0.4, 0.5) is 0 Å². The third-order valence-corrected chi connectivity index (χ3v) is 9.24. The molecule has 0 bridgehead atoms. The van der Waals surface area contributed by atoms with Crippen LogP contribution in [0, 0.1) is 11.3 Å². The number of hydrogen-bond donors (Lipinski definition) is 1. The van der Waals surface area contributed by atoms with Gasteiger partial charge in [0.05, 0.1) is 11.5 Å². The number of benzene rings is 1. The number of rotatable bonds is 1. The predicted molar refractivity (Wildman–Crippen MR) is 81.4 cm³/mol. The number of phenolic OH excluding ortho intramolecular Hbond substituents is 1. The van der Waals surface area contributed by atoms with Crippen molar-refractivity contribution < 1.29 is 21.9 Å². The topological polar surface area (TPSA) is 88.5 Å². The minimum absolute atomic E-state index is 0.0511. The van der Waals surface area contributed by atoms with Crippen molar-refractivity contribution in [2.24, 2.45) is 11.3 Å². The summed E-state index contributed by atoms with van der Waals surface area (Å²) in [6.07, 6.45) is 0. The van der Waals surface area contributed by atoms with Crippen molar-refractivity contribution in [1.82, 2.24) is 0 Å². The Morgan fingerprint density at radius 3 is 1.90 bits per heavy atom. The molecule has 0 saturated carbocycles. The van der Waals surface area contributed by atoms with Gasteiger partial charge in [-0.25, -0.2) is 16.8 Å². The highest BCUT2D eigenvalue weighted by molar-refractivity contribution is 8.09. The van der Waals surface area contributed by atoms with Gasteiger partial charge in [-0.3, -0.25) is 0 Å². The highest BCUT2D eigenvalue weighted by Crippen LogP contribution is 2.43. The Labute approximate surface area is 125 Å².